The van der Waals surface area contributed by atoms with Crippen LogP contribution in [-0.4, -0.2) is 6.71 Å². The molecule has 12 rings (SSSR count). The highest BCUT2D eigenvalue weighted by Crippen LogP contribution is 2.49. The second-order valence-corrected chi connectivity index (χ2v) is 21.4. The summed E-state index contributed by atoms with van der Waals surface area (Å²) < 4.78 is 0. The summed E-state index contributed by atoms with van der Waals surface area (Å²) in [6, 6.07) is 90.1. The number of benzene rings is 10. The maximum Gasteiger partial charge on any atom is 0.252 e. The third kappa shape index (κ3) is 7.98. The maximum absolute atomic E-state index is 2.56. The number of fused-ring (bicyclic) bond motifs is 4. The van der Waals surface area contributed by atoms with Crippen molar-refractivity contribution in [3.8, 4) is 33.4 Å². The fourth-order valence-electron chi connectivity index (χ4n) is 11.0. The third-order valence-electron chi connectivity index (χ3n) is 14.8. The number of hydrogen-bond acceptors (Lipinski definition) is 3. The summed E-state index contributed by atoms with van der Waals surface area (Å²) in [7, 11) is 0. The van der Waals surface area contributed by atoms with Gasteiger partial charge in [0.15, 0.2) is 0 Å². The van der Waals surface area contributed by atoms with Crippen LogP contribution in [-0.2, 0) is 10.8 Å². The molecule has 3 nitrogen and oxygen atoms in total. The van der Waals surface area contributed by atoms with E-state index < -0.39 is 0 Å². The van der Waals surface area contributed by atoms with Crippen LogP contribution in [0.15, 0.2) is 243 Å². The molecule has 0 amide bonds. The molecule has 4 heteroatoms. The van der Waals surface area contributed by atoms with E-state index >= 15 is 0 Å². The van der Waals surface area contributed by atoms with Crippen LogP contribution >= 0.6 is 0 Å². The van der Waals surface area contributed by atoms with E-state index in [1.807, 2.05) is 0 Å². The second kappa shape index (κ2) is 17.8. The van der Waals surface area contributed by atoms with Crippen LogP contribution in [0.5, 0.6) is 0 Å². The Labute approximate surface area is 426 Å². The van der Waals surface area contributed by atoms with Crippen molar-refractivity contribution in [2.45, 2.75) is 52.4 Å². The summed E-state index contributed by atoms with van der Waals surface area (Å²) >= 11 is 0. The largest absolute Gasteiger partial charge is 0.311 e. The average molecular weight is 928 g/mol. The van der Waals surface area contributed by atoms with Crippen LogP contribution in [0.1, 0.15) is 52.7 Å². The Kier molecular flexibility index (Phi) is 11.1. The van der Waals surface area contributed by atoms with Crippen molar-refractivity contribution >= 4 is 74.3 Å². The van der Waals surface area contributed by atoms with Gasteiger partial charge in [-0.2, -0.15) is 0 Å². The van der Waals surface area contributed by atoms with Crippen molar-refractivity contribution in [1.82, 2.24) is 0 Å². The van der Waals surface area contributed by atoms with Gasteiger partial charge in [-0.05, 0) is 145 Å². The van der Waals surface area contributed by atoms with Crippen LogP contribution in [0.4, 0.5) is 51.2 Å². The van der Waals surface area contributed by atoms with Crippen molar-refractivity contribution < 1.29 is 0 Å². The molecule has 0 fully saturated rings. The highest BCUT2D eigenvalue weighted by molar-refractivity contribution is 7.00. The molecule has 10 aromatic carbocycles. The van der Waals surface area contributed by atoms with Gasteiger partial charge in [-0.3, -0.25) is 0 Å². The summed E-state index contributed by atoms with van der Waals surface area (Å²) in [5.41, 5.74) is 23.9. The Morgan fingerprint density at radius 3 is 1.36 bits per heavy atom. The fraction of sp³-hybridized carbons (Fsp3) is 0.118. The van der Waals surface area contributed by atoms with E-state index in [9.17, 15) is 0 Å². The van der Waals surface area contributed by atoms with Gasteiger partial charge < -0.3 is 14.7 Å². The SMILES string of the molecule is CC(C)(C)c1ccc(-c2cc(-c3ccccc3)ccc2N2c3ccc(-c4ccccc4)cc3B3c4ccc(N(c5ccccc5)c5ccccc5)cc4N(c4ccc(C(C)(C)C)cc4)c4cccc2c43)cc1. The Hall–Kier alpha value is -8.34. The molecule has 0 atom stereocenters. The third-order valence-corrected chi connectivity index (χ3v) is 14.8. The first-order valence-corrected chi connectivity index (χ1v) is 25.4. The summed E-state index contributed by atoms with van der Waals surface area (Å²) in [5.74, 6) is 0. The van der Waals surface area contributed by atoms with Gasteiger partial charge in [0, 0.05) is 51.1 Å². The van der Waals surface area contributed by atoms with Gasteiger partial charge in [0.25, 0.3) is 6.71 Å². The maximum atomic E-state index is 2.56. The number of hydrogen-bond donors (Lipinski definition) is 0. The molecule has 0 radical (unpaired) electrons. The number of anilines is 9. The lowest BCUT2D eigenvalue weighted by atomic mass is 9.33. The van der Waals surface area contributed by atoms with Crippen LogP contribution < -0.4 is 31.1 Å². The molecular weight excluding hydrogens is 870 g/mol. The van der Waals surface area contributed by atoms with Gasteiger partial charge in [0.1, 0.15) is 0 Å². The zero-order valence-electron chi connectivity index (χ0n) is 42.0. The molecule has 72 heavy (non-hydrogen) atoms. The van der Waals surface area contributed by atoms with Crippen molar-refractivity contribution in [1.29, 1.82) is 0 Å². The molecule has 0 aliphatic carbocycles. The molecule has 10 aromatic rings. The monoisotopic (exact) mass is 927 g/mol. The van der Waals surface area contributed by atoms with Gasteiger partial charge in [0.05, 0.1) is 5.69 Å². The number of nitrogens with zero attached hydrogens (tertiary/aromatic N) is 3. The van der Waals surface area contributed by atoms with E-state index in [1.165, 1.54) is 83.6 Å². The minimum absolute atomic E-state index is 0.00981. The van der Waals surface area contributed by atoms with Crippen molar-refractivity contribution in [3.05, 3.63) is 254 Å². The summed E-state index contributed by atoms with van der Waals surface area (Å²) in [6.07, 6.45) is 0. The molecule has 348 valence electrons. The Bertz CT molecular complexity index is 3540. The van der Waals surface area contributed by atoms with Gasteiger partial charge >= 0.3 is 0 Å². The predicted octanol–water partition coefficient (Wildman–Crippen LogP) is 16.8. The zero-order chi connectivity index (χ0) is 49.1. The topological polar surface area (TPSA) is 9.72 Å². The smallest absolute Gasteiger partial charge is 0.252 e. The van der Waals surface area contributed by atoms with E-state index in [4.69, 9.17) is 0 Å². The lowest BCUT2D eigenvalue weighted by Crippen LogP contribution is -2.61. The minimum Gasteiger partial charge on any atom is -0.311 e. The van der Waals surface area contributed by atoms with Gasteiger partial charge in [-0.1, -0.05) is 205 Å². The molecule has 0 saturated carbocycles. The molecule has 2 aliphatic rings. The molecular formula is C68H58BN3. The lowest BCUT2D eigenvalue weighted by Gasteiger charge is -2.45. The standard InChI is InChI=1S/C68H58BN3/c1-67(2,3)52-34-30-49(31-35-52)58-44-50(47-20-11-7-12-21-47)32-42-61(58)72-62-43-33-51(48-22-13-8-14-23-48)45-60(62)69-59-41-40-57(70(54-24-15-9-16-25-54)55-26-17-10-18-27-55)46-65(59)71(63-28-19-29-64(72)66(63)69)56-38-36-53(37-39-56)68(4,5)6/h7-46H,1-6H3. The second-order valence-electron chi connectivity index (χ2n) is 21.4. The highest BCUT2D eigenvalue weighted by Gasteiger charge is 2.44. The molecule has 2 heterocycles. The summed E-state index contributed by atoms with van der Waals surface area (Å²) in [6.45, 7) is 13.7. The van der Waals surface area contributed by atoms with Crippen LogP contribution in [0.2, 0.25) is 0 Å². The lowest BCUT2D eigenvalue weighted by molar-refractivity contribution is 0.590. The van der Waals surface area contributed by atoms with E-state index in [0.717, 1.165) is 28.4 Å². The Morgan fingerprint density at radius 1 is 0.319 bits per heavy atom. The summed E-state index contributed by atoms with van der Waals surface area (Å²) in [4.78, 5) is 7.48. The molecule has 0 spiro atoms. The van der Waals surface area contributed by atoms with Crippen molar-refractivity contribution in [2.24, 2.45) is 0 Å². The quantitative estimate of drug-likeness (QED) is 0.141. The normalized spacial score (nSPS) is 12.8. The average Bonchev–Trinajstić information content (AvgIpc) is 3.41. The van der Waals surface area contributed by atoms with Gasteiger partial charge in [0.2, 0.25) is 0 Å². The molecule has 0 N–H and O–H groups in total. The first-order valence-electron chi connectivity index (χ1n) is 25.4. The van der Waals surface area contributed by atoms with Crippen molar-refractivity contribution in [3.63, 3.8) is 0 Å². The van der Waals surface area contributed by atoms with E-state index in [0.29, 0.717) is 0 Å². The van der Waals surface area contributed by atoms with E-state index in [1.54, 1.807) is 0 Å². The van der Waals surface area contributed by atoms with Gasteiger partial charge in [-0.25, -0.2) is 0 Å². The molecule has 0 aromatic heterocycles. The minimum atomic E-state index is -0.0692. The van der Waals surface area contributed by atoms with E-state index in [2.05, 4.69) is 299 Å². The molecule has 0 unspecified atom stereocenters. The number of rotatable bonds is 8. The van der Waals surface area contributed by atoms with Crippen LogP contribution in [0, 0.1) is 0 Å². The molecule has 0 bridgehead atoms. The first-order chi connectivity index (χ1) is 35.0. The zero-order valence-corrected chi connectivity index (χ0v) is 42.0. The highest BCUT2D eigenvalue weighted by atomic mass is 15.2. The molecule has 0 saturated heterocycles. The predicted molar refractivity (Wildman–Crippen MR) is 309 cm³/mol. The first kappa shape index (κ1) is 44.8. The Balaban J connectivity index is 1.13. The molecule has 2 aliphatic heterocycles. The fourth-order valence-corrected chi connectivity index (χ4v) is 11.0. The van der Waals surface area contributed by atoms with Crippen molar-refractivity contribution in [2.75, 3.05) is 14.7 Å². The van der Waals surface area contributed by atoms with Gasteiger partial charge in [-0.15, -0.1) is 0 Å². The number of para-hydroxylation sites is 2. The van der Waals surface area contributed by atoms with Crippen LogP contribution in [0.25, 0.3) is 33.4 Å². The van der Waals surface area contributed by atoms with E-state index in [-0.39, 0.29) is 17.5 Å². The Morgan fingerprint density at radius 2 is 0.806 bits per heavy atom. The summed E-state index contributed by atoms with van der Waals surface area (Å²) in [5, 5.41) is 0. The van der Waals surface area contributed by atoms with Crippen LogP contribution in [0.3, 0.4) is 0 Å².